The van der Waals surface area contributed by atoms with Gasteiger partial charge in [-0.25, -0.2) is 23.9 Å². The molecule has 0 heterocycles. The number of nitro benzene ring substituents is 1. The van der Waals surface area contributed by atoms with Gasteiger partial charge in [0.25, 0.3) is 11.6 Å². The summed E-state index contributed by atoms with van der Waals surface area (Å²) in [6.45, 7) is 19.9. The Hall–Kier alpha value is -6.10. The van der Waals surface area contributed by atoms with Gasteiger partial charge in [-0.2, -0.15) is 10.2 Å². The third kappa shape index (κ3) is 10.5. The first-order valence-electron chi connectivity index (χ1n) is 18.2. The number of amides is 1. The van der Waals surface area contributed by atoms with E-state index in [4.69, 9.17) is 25.8 Å². The first-order chi connectivity index (χ1) is 27.9. The van der Waals surface area contributed by atoms with E-state index in [9.17, 15) is 28.4 Å². The number of primary sulfonamides is 1. The van der Waals surface area contributed by atoms with Gasteiger partial charge < -0.3 is 15.2 Å². The lowest BCUT2D eigenvalue weighted by Gasteiger charge is -2.30. The Morgan fingerprint density at radius 2 is 1.64 bits per heavy atom. The van der Waals surface area contributed by atoms with Crippen LogP contribution in [0.1, 0.15) is 65.5 Å². The van der Waals surface area contributed by atoms with Crippen LogP contribution in [0.25, 0.3) is 15.6 Å². The zero-order valence-corrected chi connectivity index (χ0v) is 34.7. The first-order valence-corrected chi connectivity index (χ1v) is 20.5. The molecule has 4 N–H and O–H groups in total. The Balaban J connectivity index is 1.47. The van der Waals surface area contributed by atoms with Crippen molar-refractivity contribution in [3.8, 4) is 11.5 Å². The molecule has 0 aliphatic carbocycles. The lowest BCUT2D eigenvalue weighted by atomic mass is 9.76. The van der Waals surface area contributed by atoms with Crippen molar-refractivity contribution < 1.29 is 37.3 Å². The van der Waals surface area contributed by atoms with Gasteiger partial charge in [-0.1, -0.05) is 77.6 Å². The number of nitro groups is 1. The van der Waals surface area contributed by atoms with E-state index < -0.39 is 33.2 Å². The lowest BCUT2D eigenvalue weighted by molar-refractivity contribution is -0.384. The summed E-state index contributed by atoms with van der Waals surface area (Å²) in [5.41, 5.74) is 3.97. The van der Waals surface area contributed by atoms with Gasteiger partial charge in [0.05, 0.1) is 45.5 Å². The van der Waals surface area contributed by atoms with Gasteiger partial charge >= 0.3 is 0 Å². The van der Waals surface area contributed by atoms with Crippen LogP contribution in [0.4, 0.5) is 34.1 Å². The normalized spacial score (nSPS) is 12.0. The van der Waals surface area contributed by atoms with Crippen LogP contribution in [0.15, 0.2) is 105 Å². The van der Waals surface area contributed by atoms with Gasteiger partial charge in [-0.15, -0.1) is 9.32 Å². The summed E-state index contributed by atoms with van der Waals surface area (Å²) in [5.74, 6) is -0.658. The number of nitrogens with two attached hydrogens (primary N) is 1. The molecule has 16 nitrogen and oxygen atoms in total. The van der Waals surface area contributed by atoms with Crippen molar-refractivity contribution in [1.82, 2.24) is 0 Å². The highest BCUT2D eigenvalue weighted by atomic mass is 32.2. The lowest BCUT2D eigenvalue weighted by Crippen LogP contribution is -2.24. The number of hydrogen-bond acceptors (Lipinski definition) is 13. The van der Waals surface area contributed by atoms with E-state index in [-0.39, 0.29) is 60.6 Å². The molecule has 308 valence electrons. The van der Waals surface area contributed by atoms with E-state index in [1.165, 1.54) is 42.5 Å². The number of carbonyl (C=O) groups excluding carboxylic acids is 1. The van der Waals surface area contributed by atoms with Crippen LogP contribution in [0, 0.1) is 16.7 Å². The molecule has 0 radical (unpaired) electrons. The number of anilines is 2. The predicted octanol–water partition coefficient (Wildman–Crippen LogP) is 9.81. The van der Waals surface area contributed by atoms with Crippen LogP contribution in [-0.2, 0) is 35.0 Å². The summed E-state index contributed by atoms with van der Waals surface area (Å²) in [5, 5.41) is 41.9. The van der Waals surface area contributed by atoms with Crippen molar-refractivity contribution in [1.29, 1.82) is 0 Å². The first kappa shape index (κ1) is 44.0. The molecule has 5 aromatic rings. The highest BCUT2D eigenvalue weighted by Gasteiger charge is 2.27. The van der Waals surface area contributed by atoms with Gasteiger partial charge in [0.15, 0.2) is 6.61 Å². The summed E-state index contributed by atoms with van der Waals surface area (Å²) < 4.78 is 34.8. The molecule has 0 unspecified atom stereocenters. The minimum atomic E-state index is -3.96. The van der Waals surface area contributed by atoms with E-state index in [2.05, 4.69) is 73.5 Å². The van der Waals surface area contributed by atoms with Gasteiger partial charge in [0, 0.05) is 33.7 Å². The summed E-state index contributed by atoms with van der Waals surface area (Å²) >= 11 is 0.672. The van der Waals surface area contributed by atoms with Crippen LogP contribution < -0.4 is 25.8 Å². The highest BCUT2D eigenvalue weighted by molar-refractivity contribution is 7.94. The quantitative estimate of drug-likeness (QED) is 0.0152. The second-order valence-corrected chi connectivity index (χ2v) is 17.0. The molecule has 5 rings (SSSR count). The molecular formula is C41H42N7O9S2-. The minimum absolute atomic E-state index is 0.00577. The van der Waals surface area contributed by atoms with Crippen LogP contribution >= 0.6 is 12.0 Å². The van der Waals surface area contributed by atoms with E-state index in [1.807, 2.05) is 12.1 Å². The summed E-state index contributed by atoms with van der Waals surface area (Å²) in [4.78, 5) is 32.9. The molecule has 0 saturated heterocycles. The van der Waals surface area contributed by atoms with Gasteiger partial charge in [0.1, 0.15) is 5.75 Å². The zero-order chi connectivity index (χ0) is 43.1. The Bertz CT molecular complexity index is 2590. The van der Waals surface area contributed by atoms with Crippen LogP contribution in [0.3, 0.4) is 0 Å². The number of azo groups is 1. The number of fused-ring (bicyclic) bond motifs is 1. The number of benzene rings is 5. The number of nitrogens with one attached hydrogen (secondary N) is 2. The SMILES string of the molecule is [C-]#[N+]c1cc([N+](=O)[O-])ccc1N=Nc1cc(NC(=O)COc2ccc(C(C)(C)CC)cc2C(C)(C)CC)c([O-])c2cccc(NOOSc3cccc(S(N)(=O)=O)c3)c12. The Morgan fingerprint density at radius 3 is 2.32 bits per heavy atom. The second kappa shape index (κ2) is 18.2. The van der Waals surface area contributed by atoms with Gasteiger partial charge in [-0.05, 0) is 77.1 Å². The Kier molecular flexibility index (Phi) is 13.6. The van der Waals surface area contributed by atoms with Crippen LogP contribution in [-0.4, -0.2) is 25.9 Å². The molecule has 0 atom stereocenters. The van der Waals surface area contributed by atoms with E-state index in [1.54, 1.807) is 18.2 Å². The standard InChI is InChI=1S/C41H43N7O9S2/c1-8-40(3,4)25-16-19-36(30(20-25)41(5,6)9-2)55-24-37(49)44-35-23-34(46-45-31-18-17-26(48(51)52)21-33(31)43-7)38-29(39(35)50)14-11-15-32(38)47-56-57-58-27-12-10-13-28(22-27)59(42,53)54/h10-23,47,50H,8-9,24H2,1-6H3,(H,44,49)(H2,42,53,54)/p-1. The molecule has 0 aromatic heterocycles. The fraction of sp³-hybridized carbons (Fsp3) is 0.268. The molecule has 0 aliphatic heterocycles. The van der Waals surface area contributed by atoms with E-state index in [0.717, 1.165) is 30.0 Å². The van der Waals surface area contributed by atoms with Crippen LogP contribution in [0.5, 0.6) is 11.5 Å². The maximum atomic E-state index is 13.9. The highest BCUT2D eigenvalue weighted by Crippen LogP contribution is 2.44. The molecule has 0 spiro atoms. The summed E-state index contributed by atoms with van der Waals surface area (Å²) in [6.07, 6.45) is 1.75. The number of ether oxygens (including phenoxy) is 1. The fourth-order valence-electron chi connectivity index (χ4n) is 5.75. The van der Waals surface area contributed by atoms with E-state index >= 15 is 0 Å². The average Bonchev–Trinajstić information content (AvgIpc) is 3.21. The van der Waals surface area contributed by atoms with Crippen molar-refractivity contribution >= 4 is 72.9 Å². The van der Waals surface area contributed by atoms with Gasteiger partial charge in [0.2, 0.25) is 15.7 Å². The third-order valence-corrected chi connectivity index (χ3v) is 11.5. The second-order valence-electron chi connectivity index (χ2n) is 14.6. The zero-order valence-electron chi connectivity index (χ0n) is 33.1. The predicted molar refractivity (Wildman–Crippen MR) is 224 cm³/mol. The minimum Gasteiger partial charge on any atom is -0.871 e. The Labute approximate surface area is 345 Å². The number of sulfonamides is 1. The molecule has 0 saturated carbocycles. The molecule has 0 fully saturated rings. The van der Waals surface area contributed by atoms with Gasteiger partial charge in [-0.3, -0.25) is 14.9 Å². The fourth-order valence-corrected chi connectivity index (χ4v) is 6.84. The van der Waals surface area contributed by atoms with Crippen molar-refractivity contribution in [2.24, 2.45) is 15.4 Å². The van der Waals surface area contributed by atoms with Crippen LogP contribution in [0.2, 0.25) is 0 Å². The van der Waals surface area contributed by atoms with Crippen molar-refractivity contribution in [2.75, 3.05) is 17.4 Å². The molecule has 5 aromatic carbocycles. The smallest absolute Gasteiger partial charge is 0.262 e. The number of hydrogen-bond donors (Lipinski definition) is 3. The maximum absolute atomic E-state index is 13.9. The average molecular weight is 841 g/mol. The summed E-state index contributed by atoms with van der Waals surface area (Å²) in [7, 11) is -3.96. The largest absolute Gasteiger partial charge is 0.871 e. The molecule has 1 amide bonds. The molecule has 0 bridgehead atoms. The van der Waals surface area contributed by atoms with Crippen molar-refractivity contribution in [3.05, 3.63) is 118 Å². The number of non-ortho nitro benzene ring substituents is 1. The molecule has 18 heteroatoms. The number of rotatable bonds is 17. The van der Waals surface area contributed by atoms with Crippen molar-refractivity contribution in [2.45, 2.75) is 75.0 Å². The summed E-state index contributed by atoms with van der Waals surface area (Å²) in [6, 6.07) is 21.0. The third-order valence-electron chi connectivity index (χ3n) is 9.99. The number of carbonyl (C=O) groups is 1. The van der Waals surface area contributed by atoms with E-state index in [0.29, 0.717) is 22.7 Å². The molecule has 0 aliphatic rings. The molecule has 59 heavy (non-hydrogen) atoms. The Morgan fingerprint density at radius 1 is 0.932 bits per heavy atom. The maximum Gasteiger partial charge on any atom is 0.262 e. The number of nitrogens with zero attached hydrogens (tertiary/aromatic N) is 4. The monoisotopic (exact) mass is 840 g/mol. The molecular weight excluding hydrogens is 799 g/mol. The van der Waals surface area contributed by atoms with Crippen molar-refractivity contribution in [3.63, 3.8) is 0 Å². The topological polar surface area (TPSA) is 224 Å².